The van der Waals surface area contributed by atoms with Crippen molar-refractivity contribution in [2.45, 2.75) is 16.8 Å². The van der Waals surface area contributed by atoms with Crippen LogP contribution in [0.15, 0.2) is 64.8 Å². The normalized spacial score (nSPS) is 10.4. The number of benzene rings is 2. The van der Waals surface area contributed by atoms with Gasteiger partial charge >= 0.3 is 5.69 Å². The maximum absolute atomic E-state index is 11.6. The van der Waals surface area contributed by atoms with Gasteiger partial charge in [-0.15, -0.1) is 0 Å². The number of carbonyl (C=O) groups is 1. The quantitative estimate of drug-likeness (QED) is 0.265. The molecule has 0 aliphatic carbocycles. The van der Waals surface area contributed by atoms with Crippen molar-refractivity contribution >= 4 is 46.3 Å². The van der Waals surface area contributed by atoms with Gasteiger partial charge in [0, 0.05) is 21.2 Å². The standard InChI is InChI=1S/C18H13ClN4O3S/c1-11(24)12-2-6-14(7-3-12)22-17-16(23(25)26)18(21-10-20-17)27-15-8-4-13(19)5-9-15/h2-10H,1H3,(H,20,21,22). The number of halogens is 1. The molecular weight excluding hydrogens is 388 g/mol. The lowest BCUT2D eigenvalue weighted by Crippen LogP contribution is -2.03. The zero-order valence-corrected chi connectivity index (χ0v) is 15.6. The number of carbonyl (C=O) groups excluding carboxylic acids is 1. The van der Waals surface area contributed by atoms with E-state index in [1.807, 2.05) is 0 Å². The van der Waals surface area contributed by atoms with Gasteiger partial charge in [-0.3, -0.25) is 14.9 Å². The molecule has 0 spiro atoms. The fourth-order valence-corrected chi connectivity index (χ4v) is 3.22. The summed E-state index contributed by atoms with van der Waals surface area (Å²) in [6.45, 7) is 1.47. The summed E-state index contributed by atoms with van der Waals surface area (Å²) >= 11 is 7.01. The van der Waals surface area contributed by atoms with Crippen LogP contribution < -0.4 is 5.32 Å². The number of hydrogen-bond acceptors (Lipinski definition) is 7. The molecule has 1 N–H and O–H groups in total. The Morgan fingerprint density at radius 1 is 1.11 bits per heavy atom. The van der Waals surface area contributed by atoms with Crippen molar-refractivity contribution in [3.63, 3.8) is 0 Å². The molecule has 1 aromatic heterocycles. The zero-order chi connectivity index (χ0) is 19.4. The molecule has 136 valence electrons. The summed E-state index contributed by atoms with van der Waals surface area (Å²) in [7, 11) is 0. The summed E-state index contributed by atoms with van der Waals surface area (Å²) < 4.78 is 0. The topological polar surface area (TPSA) is 98.0 Å². The van der Waals surface area contributed by atoms with E-state index < -0.39 is 4.92 Å². The van der Waals surface area contributed by atoms with Gasteiger partial charge in [-0.05, 0) is 55.5 Å². The maximum atomic E-state index is 11.6. The highest BCUT2D eigenvalue weighted by molar-refractivity contribution is 7.99. The van der Waals surface area contributed by atoms with E-state index in [-0.39, 0.29) is 22.3 Å². The summed E-state index contributed by atoms with van der Waals surface area (Å²) in [5.74, 6) is 0.0123. The van der Waals surface area contributed by atoms with Crippen molar-refractivity contribution in [2.75, 3.05) is 5.32 Å². The lowest BCUT2D eigenvalue weighted by Gasteiger charge is -2.09. The van der Waals surface area contributed by atoms with E-state index in [0.717, 1.165) is 16.7 Å². The van der Waals surface area contributed by atoms with E-state index in [0.29, 0.717) is 16.3 Å². The summed E-state index contributed by atoms with van der Waals surface area (Å²) in [6.07, 6.45) is 1.26. The van der Waals surface area contributed by atoms with Crippen LogP contribution in [-0.2, 0) is 0 Å². The molecule has 0 bridgehead atoms. The molecule has 1 heterocycles. The fourth-order valence-electron chi connectivity index (χ4n) is 2.23. The Kier molecular flexibility index (Phi) is 5.68. The molecule has 0 fully saturated rings. The molecule has 0 aliphatic heterocycles. The van der Waals surface area contributed by atoms with E-state index in [1.165, 1.54) is 13.3 Å². The molecular formula is C18H13ClN4O3S. The van der Waals surface area contributed by atoms with Crippen LogP contribution in [0.25, 0.3) is 0 Å². The highest BCUT2D eigenvalue weighted by atomic mass is 35.5. The van der Waals surface area contributed by atoms with Gasteiger partial charge in [-0.1, -0.05) is 23.4 Å². The Hall–Kier alpha value is -2.97. The van der Waals surface area contributed by atoms with Crippen LogP contribution in [0.4, 0.5) is 17.2 Å². The zero-order valence-electron chi connectivity index (χ0n) is 14.0. The van der Waals surface area contributed by atoms with Gasteiger partial charge in [0.25, 0.3) is 0 Å². The molecule has 0 radical (unpaired) electrons. The van der Waals surface area contributed by atoms with Gasteiger partial charge in [0.15, 0.2) is 10.8 Å². The Morgan fingerprint density at radius 2 is 1.78 bits per heavy atom. The van der Waals surface area contributed by atoms with E-state index in [2.05, 4.69) is 15.3 Å². The predicted octanol–water partition coefficient (Wildman–Crippen LogP) is 5.14. The second kappa shape index (κ2) is 8.15. The van der Waals surface area contributed by atoms with Gasteiger partial charge in [0.1, 0.15) is 6.33 Å². The van der Waals surface area contributed by atoms with E-state index >= 15 is 0 Å². The molecule has 7 nitrogen and oxygen atoms in total. The molecule has 3 rings (SSSR count). The fraction of sp³-hybridized carbons (Fsp3) is 0.0556. The molecule has 0 aliphatic rings. The van der Waals surface area contributed by atoms with E-state index in [4.69, 9.17) is 11.6 Å². The van der Waals surface area contributed by atoms with Gasteiger partial charge in [-0.2, -0.15) is 0 Å². The van der Waals surface area contributed by atoms with Gasteiger partial charge in [0.05, 0.1) is 4.92 Å². The predicted molar refractivity (Wildman–Crippen MR) is 104 cm³/mol. The number of nitro groups is 1. The molecule has 0 unspecified atom stereocenters. The first-order valence-corrected chi connectivity index (χ1v) is 8.94. The molecule has 0 saturated carbocycles. The van der Waals surface area contributed by atoms with Crippen molar-refractivity contribution in [2.24, 2.45) is 0 Å². The first kappa shape index (κ1) is 18.8. The molecule has 2 aromatic carbocycles. The lowest BCUT2D eigenvalue weighted by atomic mass is 10.1. The number of hydrogen-bond donors (Lipinski definition) is 1. The van der Waals surface area contributed by atoms with E-state index in [9.17, 15) is 14.9 Å². The third-order valence-electron chi connectivity index (χ3n) is 3.55. The lowest BCUT2D eigenvalue weighted by molar-refractivity contribution is -0.387. The van der Waals surface area contributed by atoms with Crippen molar-refractivity contribution in [1.29, 1.82) is 0 Å². The van der Waals surface area contributed by atoms with Crippen LogP contribution in [0, 0.1) is 10.1 Å². The molecule has 9 heteroatoms. The van der Waals surface area contributed by atoms with Crippen molar-refractivity contribution in [3.05, 3.63) is 75.6 Å². The van der Waals surface area contributed by atoms with Gasteiger partial charge in [-0.25, -0.2) is 9.97 Å². The van der Waals surface area contributed by atoms with Gasteiger partial charge < -0.3 is 5.32 Å². The van der Waals surface area contributed by atoms with Crippen LogP contribution in [0.3, 0.4) is 0 Å². The van der Waals surface area contributed by atoms with Crippen molar-refractivity contribution in [3.8, 4) is 0 Å². The van der Waals surface area contributed by atoms with Crippen LogP contribution in [0.2, 0.25) is 5.02 Å². The molecule has 27 heavy (non-hydrogen) atoms. The van der Waals surface area contributed by atoms with Crippen LogP contribution in [0.5, 0.6) is 0 Å². The minimum atomic E-state index is -0.523. The number of rotatable bonds is 6. The maximum Gasteiger partial charge on any atom is 0.343 e. The van der Waals surface area contributed by atoms with Crippen LogP contribution in [0.1, 0.15) is 17.3 Å². The second-order valence-electron chi connectivity index (χ2n) is 5.45. The van der Waals surface area contributed by atoms with Crippen molar-refractivity contribution in [1.82, 2.24) is 9.97 Å². The van der Waals surface area contributed by atoms with Crippen LogP contribution in [-0.4, -0.2) is 20.7 Å². The molecule has 0 saturated heterocycles. The average molecular weight is 401 g/mol. The van der Waals surface area contributed by atoms with Crippen molar-refractivity contribution < 1.29 is 9.72 Å². The Morgan fingerprint density at radius 3 is 2.37 bits per heavy atom. The Balaban J connectivity index is 1.92. The number of ketones is 1. The van der Waals surface area contributed by atoms with Crippen LogP contribution >= 0.6 is 23.4 Å². The number of nitrogens with one attached hydrogen (secondary N) is 1. The number of nitrogens with zero attached hydrogens (tertiary/aromatic N) is 3. The summed E-state index contributed by atoms with van der Waals surface area (Å²) in [4.78, 5) is 31.3. The minimum absolute atomic E-state index is 0.0591. The molecule has 0 amide bonds. The van der Waals surface area contributed by atoms with Gasteiger partial charge in [0.2, 0.25) is 5.82 Å². The first-order chi connectivity index (χ1) is 12.9. The molecule has 3 aromatic rings. The monoisotopic (exact) mass is 400 g/mol. The SMILES string of the molecule is CC(=O)c1ccc(Nc2ncnc(Sc3ccc(Cl)cc3)c2[N+](=O)[O-])cc1. The summed E-state index contributed by atoms with van der Waals surface area (Å²) in [5, 5.41) is 15.3. The summed E-state index contributed by atoms with van der Waals surface area (Å²) in [6, 6.07) is 13.5. The largest absolute Gasteiger partial charge is 0.343 e. The number of Topliss-reactive ketones (excluding diaryl/α,β-unsaturated/α-hetero) is 1. The second-order valence-corrected chi connectivity index (χ2v) is 6.95. The highest BCUT2D eigenvalue weighted by Crippen LogP contribution is 2.37. The third kappa shape index (κ3) is 4.60. The number of anilines is 2. The Bertz CT molecular complexity index is 994. The average Bonchev–Trinajstić information content (AvgIpc) is 2.64. The third-order valence-corrected chi connectivity index (χ3v) is 4.81. The molecule has 0 atom stereocenters. The summed E-state index contributed by atoms with van der Waals surface area (Å²) in [5.41, 5.74) is 0.897. The van der Waals surface area contributed by atoms with E-state index in [1.54, 1.807) is 48.5 Å². The number of aromatic nitrogens is 2. The minimum Gasteiger partial charge on any atom is -0.334 e. The Labute approximate surface area is 164 Å². The highest BCUT2D eigenvalue weighted by Gasteiger charge is 2.24. The first-order valence-electron chi connectivity index (χ1n) is 7.75. The smallest absolute Gasteiger partial charge is 0.334 e.